The van der Waals surface area contributed by atoms with Crippen LogP contribution in [0, 0.1) is 0 Å². The Morgan fingerprint density at radius 1 is 1.47 bits per heavy atom. The van der Waals surface area contributed by atoms with Gasteiger partial charge in [-0.1, -0.05) is 18.5 Å². The van der Waals surface area contributed by atoms with Crippen molar-refractivity contribution in [1.29, 1.82) is 0 Å². The average molecular weight is 227 g/mol. The quantitative estimate of drug-likeness (QED) is 0.855. The fourth-order valence-corrected chi connectivity index (χ4v) is 1.77. The van der Waals surface area contributed by atoms with Crippen molar-refractivity contribution in [2.24, 2.45) is 5.73 Å². The first-order chi connectivity index (χ1) is 7.10. The molecule has 0 saturated heterocycles. The molecule has 2 nitrogen and oxygen atoms in total. The smallest absolute Gasteiger partial charge is 0.0412 e. The van der Waals surface area contributed by atoms with E-state index in [9.17, 15) is 0 Å². The molecular formula is C12H19ClN2. The zero-order valence-electron chi connectivity index (χ0n) is 9.63. The van der Waals surface area contributed by atoms with Gasteiger partial charge < -0.3 is 10.6 Å². The van der Waals surface area contributed by atoms with E-state index >= 15 is 0 Å². The van der Waals surface area contributed by atoms with Gasteiger partial charge in [-0.25, -0.2) is 0 Å². The Balaban J connectivity index is 3.02. The van der Waals surface area contributed by atoms with Crippen LogP contribution in [-0.4, -0.2) is 13.1 Å². The summed E-state index contributed by atoms with van der Waals surface area (Å²) in [7, 11) is 2.09. The lowest BCUT2D eigenvalue weighted by molar-refractivity contribution is 0.661. The molecule has 1 unspecified atom stereocenters. The van der Waals surface area contributed by atoms with E-state index in [-0.39, 0.29) is 0 Å². The summed E-state index contributed by atoms with van der Waals surface area (Å²) in [5, 5.41) is 0.747. The van der Waals surface area contributed by atoms with Crippen LogP contribution in [0.1, 0.15) is 25.8 Å². The van der Waals surface area contributed by atoms with E-state index < -0.39 is 0 Å². The standard InChI is InChI=1S/C12H19ClN2/c1-4-9(2)15(3)12-6-5-11(13)7-10(12)8-14/h5-7,9H,4,8,14H2,1-3H3. The van der Waals surface area contributed by atoms with Gasteiger partial charge in [-0.05, 0) is 37.1 Å². The Morgan fingerprint density at radius 2 is 2.13 bits per heavy atom. The zero-order chi connectivity index (χ0) is 11.4. The number of hydrogen-bond donors (Lipinski definition) is 1. The summed E-state index contributed by atoms with van der Waals surface area (Å²) in [4.78, 5) is 2.25. The van der Waals surface area contributed by atoms with Gasteiger partial charge in [-0.2, -0.15) is 0 Å². The molecule has 15 heavy (non-hydrogen) atoms. The van der Waals surface area contributed by atoms with E-state index in [4.69, 9.17) is 17.3 Å². The molecule has 0 aliphatic rings. The number of rotatable bonds is 4. The Bertz CT molecular complexity index is 325. The molecule has 1 aromatic rings. The van der Waals surface area contributed by atoms with E-state index in [1.807, 2.05) is 18.2 Å². The molecule has 0 radical (unpaired) electrons. The lowest BCUT2D eigenvalue weighted by Gasteiger charge is -2.28. The number of halogens is 1. The maximum Gasteiger partial charge on any atom is 0.0412 e. The number of hydrogen-bond acceptors (Lipinski definition) is 2. The SMILES string of the molecule is CCC(C)N(C)c1ccc(Cl)cc1CN. The molecular weight excluding hydrogens is 208 g/mol. The summed E-state index contributed by atoms with van der Waals surface area (Å²) in [6.45, 7) is 4.91. The van der Waals surface area contributed by atoms with Crippen LogP contribution < -0.4 is 10.6 Å². The van der Waals surface area contributed by atoms with Crippen molar-refractivity contribution in [3.05, 3.63) is 28.8 Å². The van der Waals surface area contributed by atoms with Gasteiger partial charge in [0.25, 0.3) is 0 Å². The van der Waals surface area contributed by atoms with Crippen molar-refractivity contribution in [3.63, 3.8) is 0 Å². The van der Waals surface area contributed by atoms with Crippen molar-refractivity contribution in [2.75, 3.05) is 11.9 Å². The zero-order valence-corrected chi connectivity index (χ0v) is 10.4. The second kappa shape index (κ2) is 5.38. The van der Waals surface area contributed by atoms with E-state index in [1.165, 1.54) is 5.69 Å². The van der Waals surface area contributed by atoms with Gasteiger partial charge in [-0.15, -0.1) is 0 Å². The highest BCUT2D eigenvalue weighted by Gasteiger charge is 2.11. The molecule has 0 aromatic heterocycles. The normalized spacial score (nSPS) is 12.6. The Labute approximate surface area is 97.0 Å². The fraction of sp³-hybridized carbons (Fsp3) is 0.500. The molecule has 3 heteroatoms. The molecule has 0 amide bonds. The largest absolute Gasteiger partial charge is 0.372 e. The van der Waals surface area contributed by atoms with Gasteiger partial charge in [0.1, 0.15) is 0 Å². The number of nitrogens with two attached hydrogens (primary N) is 1. The second-order valence-corrected chi connectivity index (χ2v) is 4.28. The maximum absolute atomic E-state index is 5.94. The third-order valence-electron chi connectivity index (χ3n) is 2.89. The van der Waals surface area contributed by atoms with Gasteiger partial charge in [0.05, 0.1) is 0 Å². The van der Waals surface area contributed by atoms with Crippen LogP contribution in [0.25, 0.3) is 0 Å². The molecule has 0 fully saturated rings. The minimum atomic E-state index is 0.511. The van der Waals surface area contributed by atoms with Crippen molar-refractivity contribution in [2.45, 2.75) is 32.9 Å². The van der Waals surface area contributed by atoms with Crippen molar-refractivity contribution in [1.82, 2.24) is 0 Å². The first kappa shape index (κ1) is 12.3. The number of nitrogens with zero attached hydrogens (tertiary/aromatic N) is 1. The fourth-order valence-electron chi connectivity index (χ4n) is 1.57. The summed E-state index contributed by atoms with van der Waals surface area (Å²) in [5.41, 5.74) is 7.99. The van der Waals surface area contributed by atoms with Crippen molar-refractivity contribution < 1.29 is 0 Å². The topological polar surface area (TPSA) is 29.3 Å². The molecule has 0 aliphatic carbocycles. The van der Waals surface area contributed by atoms with E-state index in [0.717, 1.165) is 17.0 Å². The van der Waals surface area contributed by atoms with Crippen LogP contribution in [0.3, 0.4) is 0 Å². The van der Waals surface area contributed by atoms with E-state index in [0.29, 0.717) is 12.6 Å². The highest BCUT2D eigenvalue weighted by atomic mass is 35.5. The molecule has 0 bridgehead atoms. The summed E-state index contributed by atoms with van der Waals surface area (Å²) in [5.74, 6) is 0. The minimum absolute atomic E-state index is 0.511. The first-order valence-corrected chi connectivity index (χ1v) is 5.69. The molecule has 0 spiro atoms. The molecule has 1 rings (SSSR count). The van der Waals surface area contributed by atoms with Crippen LogP contribution in [0.5, 0.6) is 0 Å². The van der Waals surface area contributed by atoms with Crippen LogP contribution in [0.15, 0.2) is 18.2 Å². The van der Waals surface area contributed by atoms with Gasteiger partial charge in [-0.3, -0.25) is 0 Å². The molecule has 0 heterocycles. The molecule has 0 saturated carbocycles. The van der Waals surface area contributed by atoms with Gasteiger partial charge >= 0.3 is 0 Å². The van der Waals surface area contributed by atoms with Gasteiger partial charge in [0, 0.05) is 30.3 Å². The molecule has 1 aromatic carbocycles. The third kappa shape index (κ3) is 2.86. The van der Waals surface area contributed by atoms with Gasteiger partial charge in [0.2, 0.25) is 0 Å². The number of benzene rings is 1. The predicted molar refractivity (Wildman–Crippen MR) is 67.5 cm³/mol. The highest BCUT2D eigenvalue weighted by molar-refractivity contribution is 6.30. The summed E-state index contributed by atoms with van der Waals surface area (Å²) in [6.07, 6.45) is 1.11. The van der Waals surface area contributed by atoms with Crippen molar-refractivity contribution >= 4 is 17.3 Å². The average Bonchev–Trinajstić information content (AvgIpc) is 2.26. The first-order valence-electron chi connectivity index (χ1n) is 5.31. The second-order valence-electron chi connectivity index (χ2n) is 3.85. The lowest BCUT2D eigenvalue weighted by atomic mass is 10.1. The molecule has 1 atom stereocenters. The summed E-state index contributed by atoms with van der Waals surface area (Å²) < 4.78 is 0. The Hall–Kier alpha value is -0.730. The molecule has 0 aliphatic heterocycles. The monoisotopic (exact) mass is 226 g/mol. The van der Waals surface area contributed by atoms with E-state index in [2.05, 4.69) is 25.8 Å². The Morgan fingerprint density at radius 3 is 2.67 bits per heavy atom. The van der Waals surface area contributed by atoms with E-state index in [1.54, 1.807) is 0 Å². The maximum atomic E-state index is 5.94. The molecule has 2 N–H and O–H groups in total. The van der Waals surface area contributed by atoms with Crippen LogP contribution in [0.2, 0.25) is 5.02 Å². The lowest BCUT2D eigenvalue weighted by Crippen LogP contribution is -2.29. The van der Waals surface area contributed by atoms with Gasteiger partial charge in [0.15, 0.2) is 0 Å². The van der Waals surface area contributed by atoms with Crippen LogP contribution >= 0.6 is 11.6 Å². The summed E-state index contributed by atoms with van der Waals surface area (Å²) in [6, 6.07) is 6.40. The number of anilines is 1. The third-order valence-corrected chi connectivity index (χ3v) is 3.13. The molecule has 84 valence electrons. The van der Waals surface area contributed by atoms with Crippen LogP contribution in [-0.2, 0) is 6.54 Å². The Kier molecular flexibility index (Phi) is 4.43. The van der Waals surface area contributed by atoms with Crippen LogP contribution in [0.4, 0.5) is 5.69 Å². The predicted octanol–water partition coefficient (Wildman–Crippen LogP) is 3.03. The summed E-state index contributed by atoms with van der Waals surface area (Å²) >= 11 is 5.94. The minimum Gasteiger partial charge on any atom is -0.372 e. The van der Waals surface area contributed by atoms with Crippen molar-refractivity contribution in [3.8, 4) is 0 Å². The highest BCUT2D eigenvalue weighted by Crippen LogP contribution is 2.25.